The van der Waals surface area contributed by atoms with Crippen molar-refractivity contribution in [3.05, 3.63) is 12.2 Å². The van der Waals surface area contributed by atoms with Crippen LogP contribution < -0.4 is 0 Å². The number of carbonyl (C=O) groups excluding carboxylic acids is 1. The Bertz CT molecular complexity index is 314. The predicted octanol–water partition coefficient (Wildman–Crippen LogP) is 4.10. The molecule has 0 amide bonds. The van der Waals surface area contributed by atoms with Crippen molar-refractivity contribution in [2.45, 2.75) is 90.3 Å². The van der Waals surface area contributed by atoms with Crippen molar-refractivity contribution in [1.29, 1.82) is 0 Å². The quantitative estimate of drug-likeness (QED) is 0.219. The van der Waals surface area contributed by atoms with Crippen LogP contribution in [0.3, 0.4) is 0 Å². The van der Waals surface area contributed by atoms with Crippen molar-refractivity contribution in [3.8, 4) is 0 Å². The van der Waals surface area contributed by atoms with Crippen molar-refractivity contribution in [3.63, 3.8) is 0 Å². The van der Waals surface area contributed by atoms with Gasteiger partial charge in [-0.15, -0.1) is 0 Å². The molecular weight excluding hydrogens is 280 g/mol. The lowest BCUT2D eigenvalue weighted by Crippen LogP contribution is -2.39. The zero-order chi connectivity index (χ0) is 16.8. The molecule has 0 bridgehead atoms. The Kier molecular flexibility index (Phi) is 12.2. The summed E-state index contributed by atoms with van der Waals surface area (Å²) in [6.07, 6.45) is 12.1. The van der Waals surface area contributed by atoms with Crippen LogP contribution in [0.5, 0.6) is 0 Å². The van der Waals surface area contributed by atoms with E-state index in [4.69, 9.17) is 4.74 Å². The number of aliphatic hydroxyl groups excluding tert-OH is 1. The van der Waals surface area contributed by atoms with Crippen molar-refractivity contribution in [2.75, 3.05) is 6.61 Å². The van der Waals surface area contributed by atoms with Gasteiger partial charge in [-0.1, -0.05) is 71.3 Å². The van der Waals surface area contributed by atoms with Crippen LogP contribution in [0.25, 0.3) is 0 Å². The number of ether oxygens (including phenoxy) is 1. The average Bonchev–Trinajstić information content (AvgIpc) is 2.49. The SMILES string of the molecule is C=C(C)C(=O)OC(O)(CO)CCCCCCCCCCCC. The molecule has 1 unspecified atom stereocenters. The highest BCUT2D eigenvalue weighted by Gasteiger charge is 2.30. The molecule has 4 heteroatoms. The molecule has 0 aliphatic rings. The molecule has 0 aliphatic heterocycles. The first-order valence-electron chi connectivity index (χ1n) is 8.67. The normalized spacial score (nSPS) is 13.6. The van der Waals surface area contributed by atoms with Crippen LogP contribution >= 0.6 is 0 Å². The number of unbranched alkanes of at least 4 members (excludes halogenated alkanes) is 9. The Morgan fingerprint density at radius 1 is 1.00 bits per heavy atom. The molecule has 2 N–H and O–H groups in total. The van der Waals surface area contributed by atoms with Gasteiger partial charge in [0.05, 0.1) is 0 Å². The number of hydrogen-bond donors (Lipinski definition) is 2. The van der Waals surface area contributed by atoms with Crippen LogP contribution in [-0.4, -0.2) is 28.6 Å². The maximum Gasteiger partial charge on any atom is 0.335 e. The number of aliphatic hydroxyl groups is 2. The predicted molar refractivity (Wildman–Crippen MR) is 89.4 cm³/mol. The van der Waals surface area contributed by atoms with Gasteiger partial charge in [-0.05, 0) is 13.3 Å². The second-order valence-electron chi connectivity index (χ2n) is 6.21. The van der Waals surface area contributed by atoms with Crippen molar-refractivity contribution < 1.29 is 19.7 Å². The highest BCUT2D eigenvalue weighted by molar-refractivity contribution is 5.87. The second kappa shape index (κ2) is 12.7. The first-order valence-corrected chi connectivity index (χ1v) is 8.67. The van der Waals surface area contributed by atoms with E-state index in [0.29, 0.717) is 0 Å². The van der Waals surface area contributed by atoms with Crippen LogP contribution in [0.1, 0.15) is 84.5 Å². The third-order valence-corrected chi connectivity index (χ3v) is 3.80. The molecule has 0 aromatic rings. The maximum absolute atomic E-state index is 11.4. The molecule has 0 saturated carbocycles. The summed E-state index contributed by atoms with van der Waals surface area (Å²) in [7, 11) is 0. The monoisotopic (exact) mass is 314 g/mol. The summed E-state index contributed by atoms with van der Waals surface area (Å²) in [5, 5.41) is 19.2. The number of esters is 1. The molecule has 4 nitrogen and oxygen atoms in total. The van der Waals surface area contributed by atoms with E-state index in [0.717, 1.165) is 19.3 Å². The molecule has 0 aliphatic carbocycles. The van der Waals surface area contributed by atoms with Crippen LogP contribution in [-0.2, 0) is 9.53 Å². The molecule has 0 radical (unpaired) electrons. The van der Waals surface area contributed by atoms with E-state index >= 15 is 0 Å². The summed E-state index contributed by atoms with van der Waals surface area (Å²) in [6, 6.07) is 0. The fraction of sp³-hybridized carbons (Fsp3) is 0.833. The van der Waals surface area contributed by atoms with Crippen LogP contribution in [0.4, 0.5) is 0 Å². The molecular formula is C18H34O4. The van der Waals surface area contributed by atoms with E-state index in [1.54, 1.807) is 0 Å². The zero-order valence-corrected chi connectivity index (χ0v) is 14.4. The third-order valence-electron chi connectivity index (χ3n) is 3.80. The molecule has 0 aromatic carbocycles. The Hall–Kier alpha value is -0.870. The Morgan fingerprint density at radius 2 is 1.45 bits per heavy atom. The van der Waals surface area contributed by atoms with Crippen molar-refractivity contribution >= 4 is 5.97 Å². The zero-order valence-electron chi connectivity index (χ0n) is 14.4. The topological polar surface area (TPSA) is 66.8 Å². The number of rotatable bonds is 14. The van der Waals surface area contributed by atoms with Gasteiger partial charge in [-0.2, -0.15) is 0 Å². The molecule has 0 heterocycles. The van der Waals surface area contributed by atoms with E-state index in [9.17, 15) is 15.0 Å². The van der Waals surface area contributed by atoms with E-state index in [1.807, 2.05) is 0 Å². The number of carbonyl (C=O) groups is 1. The summed E-state index contributed by atoms with van der Waals surface area (Å²) in [4.78, 5) is 11.4. The van der Waals surface area contributed by atoms with Gasteiger partial charge in [-0.25, -0.2) is 4.79 Å². The minimum atomic E-state index is -1.77. The molecule has 0 aromatic heterocycles. The number of hydrogen-bond acceptors (Lipinski definition) is 4. The lowest BCUT2D eigenvalue weighted by atomic mass is 10.0. The molecule has 1 atom stereocenters. The summed E-state index contributed by atoms with van der Waals surface area (Å²) in [6.45, 7) is 6.62. The summed E-state index contributed by atoms with van der Waals surface area (Å²) >= 11 is 0. The first kappa shape index (κ1) is 21.1. The Morgan fingerprint density at radius 3 is 1.86 bits per heavy atom. The Labute approximate surface area is 135 Å². The van der Waals surface area contributed by atoms with Gasteiger partial charge in [0.2, 0.25) is 5.79 Å². The smallest absolute Gasteiger partial charge is 0.335 e. The maximum atomic E-state index is 11.4. The molecule has 0 saturated heterocycles. The lowest BCUT2D eigenvalue weighted by Gasteiger charge is -2.25. The Balaban J connectivity index is 3.66. The minimum Gasteiger partial charge on any atom is -0.427 e. The molecule has 0 spiro atoms. The van der Waals surface area contributed by atoms with Crippen LogP contribution in [0.15, 0.2) is 12.2 Å². The molecule has 0 fully saturated rings. The summed E-state index contributed by atoms with van der Waals surface area (Å²) in [5.74, 6) is -2.43. The van der Waals surface area contributed by atoms with Crippen molar-refractivity contribution in [1.82, 2.24) is 0 Å². The van der Waals surface area contributed by atoms with E-state index < -0.39 is 18.4 Å². The second-order valence-corrected chi connectivity index (χ2v) is 6.21. The molecule has 0 rings (SSSR count). The first-order chi connectivity index (χ1) is 10.4. The van der Waals surface area contributed by atoms with Gasteiger partial charge in [0, 0.05) is 12.0 Å². The highest BCUT2D eigenvalue weighted by atomic mass is 16.7. The fourth-order valence-corrected chi connectivity index (χ4v) is 2.31. The third kappa shape index (κ3) is 10.8. The van der Waals surface area contributed by atoms with E-state index in [-0.39, 0.29) is 12.0 Å². The van der Waals surface area contributed by atoms with Gasteiger partial charge < -0.3 is 14.9 Å². The van der Waals surface area contributed by atoms with E-state index in [2.05, 4.69) is 13.5 Å². The lowest BCUT2D eigenvalue weighted by molar-refractivity contribution is -0.222. The summed E-state index contributed by atoms with van der Waals surface area (Å²) in [5.41, 5.74) is 0.218. The molecule has 22 heavy (non-hydrogen) atoms. The van der Waals surface area contributed by atoms with Gasteiger partial charge >= 0.3 is 5.97 Å². The summed E-state index contributed by atoms with van der Waals surface area (Å²) < 4.78 is 4.90. The largest absolute Gasteiger partial charge is 0.427 e. The highest BCUT2D eigenvalue weighted by Crippen LogP contribution is 2.19. The molecule has 130 valence electrons. The van der Waals surface area contributed by atoms with Gasteiger partial charge in [0.1, 0.15) is 6.61 Å². The van der Waals surface area contributed by atoms with Crippen LogP contribution in [0, 0.1) is 0 Å². The van der Waals surface area contributed by atoms with Gasteiger partial charge in [0.15, 0.2) is 0 Å². The minimum absolute atomic E-state index is 0.218. The van der Waals surface area contributed by atoms with Gasteiger partial charge in [-0.3, -0.25) is 0 Å². The van der Waals surface area contributed by atoms with Crippen LogP contribution in [0.2, 0.25) is 0 Å². The van der Waals surface area contributed by atoms with E-state index in [1.165, 1.54) is 51.9 Å². The fourth-order valence-electron chi connectivity index (χ4n) is 2.31. The standard InChI is InChI=1S/C18H34O4/c1-4-5-6-7-8-9-10-11-12-13-14-18(21,15-19)22-17(20)16(2)3/h19,21H,2,4-15H2,1,3H3. The van der Waals surface area contributed by atoms with Gasteiger partial charge in [0.25, 0.3) is 0 Å². The van der Waals surface area contributed by atoms with Crippen molar-refractivity contribution in [2.24, 2.45) is 0 Å². The average molecular weight is 314 g/mol.